The summed E-state index contributed by atoms with van der Waals surface area (Å²) in [7, 11) is 0. The maximum absolute atomic E-state index is 10.2. The Bertz CT molecular complexity index is 611. The van der Waals surface area contributed by atoms with E-state index >= 15 is 0 Å². The Hall–Kier alpha value is -1.58. The number of thiocarbonyl (C=S) groups is 1. The molecule has 4 atom stereocenters. The van der Waals surface area contributed by atoms with Gasteiger partial charge in [-0.05, 0) is 30.3 Å². The van der Waals surface area contributed by atoms with E-state index in [-0.39, 0.29) is 12.1 Å². The lowest BCUT2D eigenvalue weighted by Gasteiger charge is -2.34. The number of para-hydroxylation sites is 1. The number of hydrogen-bond acceptors (Lipinski definition) is 6. The summed E-state index contributed by atoms with van der Waals surface area (Å²) in [4.78, 5) is 0. The summed E-state index contributed by atoms with van der Waals surface area (Å²) < 4.78 is 0. The van der Waals surface area contributed by atoms with Crippen molar-refractivity contribution in [3.63, 3.8) is 0 Å². The van der Waals surface area contributed by atoms with Crippen LogP contribution >= 0.6 is 12.2 Å². The third-order valence-corrected chi connectivity index (χ3v) is 4.21. The lowest BCUT2D eigenvalue weighted by Crippen LogP contribution is -2.54. The fourth-order valence-corrected chi connectivity index (χ4v) is 2.70. The first kappa shape index (κ1) is 19.7. The molecule has 1 aromatic rings. The number of nitrogens with one attached hydrogen (secondary N) is 1. The second-order valence-electron chi connectivity index (χ2n) is 6.51. The fourth-order valence-electron chi connectivity index (χ4n) is 2.47. The summed E-state index contributed by atoms with van der Waals surface area (Å²) >= 11 is 5.41. The van der Waals surface area contributed by atoms with E-state index in [1.807, 2.05) is 32.0 Å². The second kappa shape index (κ2) is 8.68. The van der Waals surface area contributed by atoms with Crippen molar-refractivity contribution < 1.29 is 20.4 Å². The Balaban J connectivity index is 2.33. The standard InChI is InChI=1S/C17H25N3O4S/c1-10(2)9-18-17(25)20(11-6-4-3-5-7-11)19-14-12(21)8-13(22)15(23)16(14)24/h3-7,10,12-13,15-16,21-24H,8-9H2,1-2H3,(H,18,25)/b19-14-/t12-,13+,15+,16-/m1/s1. The molecule has 2 rings (SSSR count). The highest BCUT2D eigenvalue weighted by Gasteiger charge is 2.40. The summed E-state index contributed by atoms with van der Waals surface area (Å²) in [6.07, 6.45) is -5.37. The lowest BCUT2D eigenvalue weighted by molar-refractivity contribution is -0.0651. The van der Waals surface area contributed by atoms with E-state index in [9.17, 15) is 20.4 Å². The van der Waals surface area contributed by atoms with E-state index in [1.54, 1.807) is 12.1 Å². The molecule has 1 aliphatic carbocycles. The Morgan fingerprint density at radius 1 is 1.24 bits per heavy atom. The number of aliphatic hydroxyl groups excluding tert-OH is 4. The number of anilines is 1. The Morgan fingerprint density at radius 2 is 1.88 bits per heavy atom. The van der Waals surface area contributed by atoms with E-state index in [0.717, 1.165) is 0 Å². The summed E-state index contributed by atoms with van der Waals surface area (Å²) in [5.74, 6) is 0.367. The second-order valence-corrected chi connectivity index (χ2v) is 6.89. The van der Waals surface area contributed by atoms with Gasteiger partial charge in [0.1, 0.15) is 12.2 Å². The molecule has 0 aromatic heterocycles. The summed E-state index contributed by atoms with van der Waals surface area (Å²) in [6.45, 7) is 4.72. The van der Waals surface area contributed by atoms with Crippen LogP contribution in [0.2, 0.25) is 0 Å². The Labute approximate surface area is 152 Å². The molecule has 1 saturated carbocycles. The van der Waals surface area contributed by atoms with Crippen molar-refractivity contribution in [2.75, 3.05) is 11.6 Å². The SMILES string of the molecule is CC(C)CNC(=S)N(/N=C1/[C@H](O)C[C@H](O)[C@H](O)[C@@H]1O)c1ccccc1. The first-order chi connectivity index (χ1) is 11.8. The molecule has 0 unspecified atom stereocenters. The zero-order valence-corrected chi connectivity index (χ0v) is 15.1. The molecule has 25 heavy (non-hydrogen) atoms. The van der Waals surface area contributed by atoms with E-state index in [4.69, 9.17) is 12.2 Å². The zero-order valence-electron chi connectivity index (χ0n) is 14.3. The molecule has 0 aliphatic heterocycles. The van der Waals surface area contributed by atoms with Crippen molar-refractivity contribution in [2.45, 2.75) is 44.7 Å². The molecule has 138 valence electrons. The van der Waals surface area contributed by atoms with Crippen LogP contribution in [-0.4, -0.2) is 62.2 Å². The quantitative estimate of drug-likeness (QED) is 0.383. The normalized spacial score (nSPS) is 28.2. The number of aliphatic hydroxyl groups is 4. The highest BCUT2D eigenvalue weighted by Crippen LogP contribution is 2.21. The molecule has 0 amide bonds. The topological polar surface area (TPSA) is 109 Å². The summed E-state index contributed by atoms with van der Waals surface area (Å²) in [6, 6.07) is 9.07. The molecule has 1 fully saturated rings. The fraction of sp³-hybridized carbons (Fsp3) is 0.529. The molecule has 1 aliphatic rings. The van der Waals surface area contributed by atoms with Crippen LogP contribution in [0, 0.1) is 5.92 Å². The maximum atomic E-state index is 10.2. The molecule has 0 spiro atoms. The van der Waals surface area contributed by atoms with Gasteiger partial charge >= 0.3 is 0 Å². The van der Waals surface area contributed by atoms with Crippen LogP contribution in [-0.2, 0) is 0 Å². The minimum absolute atomic E-state index is 0.0321. The van der Waals surface area contributed by atoms with E-state index in [2.05, 4.69) is 10.4 Å². The van der Waals surface area contributed by atoms with Crippen LogP contribution in [0.4, 0.5) is 5.69 Å². The number of rotatable bonds is 4. The van der Waals surface area contributed by atoms with E-state index in [0.29, 0.717) is 23.3 Å². The highest BCUT2D eigenvalue weighted by molar-refractivity contribution is 7.80. The van der Waals surface area contributed by atoms with E-state index in [1.165, 1.54) is 5.01 Å². The van der Waals surface area contributed by atoms with Crippen molar-refractivity contribution in [1.29, 1.82) is 0 Å². The third kappa shape index (κ3) is 4.96. The third-order valence-electron chi connectivity index (χ3n) is 3.90. The van der Waals surface area contributed by atoms with Crippen LogP contribution in [0.5, 0.6) is 0 Å². The molecule has 1 aromatic carbocycles. The molecular formula is C17H25N3O4S. The zero-order chi connectivity index (χ0) is 18.6. The van der Waals surface area contributed by atoms with Gasteiger partial charge < -0.3 is 25.7 Å². The van der Waals surface area contributed by atoms with Gasteiger partial charge in [-0.1, -0.05) is 32.0 Å². The highest BCUT2D eigenvalue weighted by atomic mass is 32.1. The first-order valence-electron chi connectivity index (χ1n) is 8.25. The molecule has 0 radical (unpaired) electrons. The van der Waals surface area contributed by atoms with Gasteiger partial charge in [-0.2, -0.15) is 5.10 Å². The molecule has 5 N–H and O–H groups in total. The van der Waals surface area contributed by atoms with Crippen molar-refractivity contribution >= 4 is 28.7 Å². The van der Waals surface area contributed by atoms with Gasteiger partial charge in [0.05, 0.1) is 23.6 Å². The molecule has 0 saturated heterocycles. The van der Waals surface area contributed by atoms with Crippen molar-refractivity contribution in [3.05, 3.63) is 30.3 Å². The van der Waals surface area contributed by atoms with Crippen molar-refractivity contribution in [1.82, 2.24) is 5.32 Å². The Morgan fingerprint density at radius 3 is 2.48 bits per heavy atom. The smallest absolute Gasteiger partial charge is 0.194 e. The van der Waals surface area contributed by atoms with E-state index < -0.39 is 24.4 Å². The molecular weight excluding hydrogens is 342 g/mol. The van der Waals surface area contributed by atoms with Crippen molar-refractivity contribution in [2.24, 2.45) is 11.0 Å². The van der Waals surface area contributed by atoms with Gasteiger partial charge in [-0.15, -0.1) is 0 Å². The molecule has 7 nitrogen and oxygen atoms in total. The number of hydrazone groups is 1. The van der Waals surface area contributed by atoms with Crippen LogP contribution in [0.25, 0.3) is 0 Å². The first-order valence-corrected chi connectivity index (χ1v) is 8.65. The molecule has 0 bridgehead atoms. The largest absolute Gasteiger partial charge is 0.390 e. The van der Waals surface area contributed by atoms with Gasteiger partial charge in [0.25, 0.3) is 0 Å². The number of hydrogen-bond donors (Lipinski definition) is 5. The van der Waals surface area contributed by atoms with Crippen LogP contribution in [0.15, 0.2) is 35.4 Å². The van der Waals surface area contributed by atoms with Gasteiger partial charge in [-0.3, -0.25) is 0 Å². The Kier molecular flexibility index (Phi) is 6.86. The number of nitrogens with zero attached hydrogens (tertiary/aromatic N) is 2. The minimum atomic E-state index is -1.47. The van der Waals surface area contributed by atoms with Crippen LogP contribution < -0.4 is 10.3 Å². The molecule has 8 heteroatoms. The average Bonchev–Trinajstić information content (AvgIpc) is 2.58. The van der Waals surface area contributed by atoms with Crippen molar-refractivity contribution in [3.8, 4) is 0 Å². The summed E-state index contributed by atoms with van der Waals surface area (Å²) in [5.41, 5.74) is 0.617. The minimum Gasteiger partial charge on any atom is -0.390 e. The van der Waals surface area contributed by atoms with Gasteiger partial charge in [-0.25, -0.2) is 5.01 Å². The lowest BCUT2D eigenvalue weighted by atomic mass is 9.88. The maximum Gasteiger partial charge on any atom is 0.194 e. The average molecular weight is 367 g/mol. The molecule has 0 heterocycles. The van der Waals surface area contributed by atoms with Gasteiger partial charge in [0, 0.05) is 13.0 Å². The van der Waals surface area contributed by atoms with Crippen LogP contribution in [0.3, 0.4) is 0 Å². The number of benzene rings is 1. The van der Waals surface area contributed by atoms with Gasteiger partial charge in [0.15, 0.2) is 5.11 Å². The predicted octanol–water partition coefficient (Wildman–Crippen LogP) is 0.227. The predicted molar refractivity (Wildman–Crippen MR) is 100 cm³/mol. The van der Waals surface area contributed by atoms with Crippen LogP contribution in [0.1, 0.15) is 20.3 Å². The monoisotopic (exact) mass is 367 g/mol. The van der Waals surface area contributed by atoms with Gasteiger partial charge in [0.2, 0.25) is 0 Å². The summed E-state index contributed by atoms with van der Waals surface area (Å²) in [5, 5.41) is 49.0.